The van der Waals surface area contributed by atoms with E-state index in [1.165, 1.54) is 0 Å². The highest BCUT2D eigenvalue weighted by Crippen LogP contribution is 2.26. The normalized spacial score (nSPS) is 10.8. The van der Waals surface area contributed by atoms with Crippen molar-refractivity contribution >= 4 is 17.6 Å². The molecule has 0 spiro atoms. The molecule has 0 saturated carbocycles. The molecular formula is C25H24N6O2. The Balaban J connectivity index is 1.71. The average molecular weight is 441 g/mol. The zero-order chi connectivity index (χ0) is 23.4. The van der Waals surface area contributed by atoms with Crippen LogP contribution in [0.4, 0.5) is 5.95 Å². The van der Waals surface area contributed by atoms with Gasteiger partial charge in [-0.2, -0.15) is 14.8 Å². The first-order chi connectivity index (χ1) is 16.0. The Kier molecular flexibility index (Phi) is 6.31. The van der Waals surface area contributed by atoms with Crippen molar-refractivity contribution in [1.29, 1.82) is 5.26 Å². The molecule has 2 aromatic heterocycles. The van der Waals surface area contributed by atoms with E-state index in [1.807, 2.05) is 43.3 Å². The van der Waals surface area contributed by atoms with Gasteiger partial charge in [0.25, 0.3) is 0 Å². The summed E-state index contributed by atoms with van der Waals surface area (Å²) in [6.45, 7) is 3.72. The fourth-order valence-corrected chi connectivity index (χ4v) is 3.87. The highest BCUT2D eigenvalue weighted by molar-refractivity contribution is 5.72. The Morgan fingerprint density at radius 2 is 1.91 bits per heavy atom. The molecule has 33 heavy (non-hydrogen) atoms. The van der Waals surface area contributed by atoms with Gasteiger partial charge in [-0.25, -0.2) is 4.98 Å². The third-order valence-electron chi connectivity index (χ3n) is 5.41. The van der Waals surface area contributed by atoms with Crippen molar-refractivity contribution in [2.45, 2.75) is 33.1 Å². The van der Waals surface area contributed by atoms with Gasteiger partial charge in [0, 0.05) is 17.7 Å². The van der Waals surface area contributed by atoms with Gasteiger partial charge in [-0.15, -0.1) is 5.10 Å². The molecule has 2 heterocycles. The molecule has 0 amide bonds. The van der Waals surface area contributed by atoms with Crippen LogP contribution in [-0.4, -0.2) is 37.2 Å². The summed E-state index contributed by atoms with van der Waals surface area (Å²) in [5.74, 6) is -0.00847. The second kappa shape index (κ2) is 9.49. The maximum absolute atomic E-state index is 10.9. The summed E-state index contributed by atoms with van der Waals surface area (Å²) >= 11 is 0. The first kappa shape index (κ1) is 22.0. The molecule has 0 aliphatic carbocycles. The number of aromatic nitrogens is 4. The molecule has 8 nitrogen and oxygen atoms in total. The average Bonchev–Trinajstić information content (AvgIpc) is 3.26. The van der Waals surface area contributed by atoms with E-state index in [2.05, 4.69) is 40.5 Å². The summed E-state index contributed by atoms with van der Waals surface area (Å²) in [6.07, 6.45) is 2.37. The maximum Gasteiger partial charge on any atom is 0.322 e. The van der Waals surface area contributed by atoms with E-state index in [1.54, 1.807) is 4.52 Å². The monoisotopic (exact) mass is 440 g/mol. The lowest BCUT2D eigenvalue weighted by atomic mass is 9.97. The number of rotatable bonds is 8. The number of carboxylic acids is 1. The number of hydrogen-bond donors (Lipinski definition) is 2. The van der Waals surface area contributed by atoms with Gasteiger partial charge in [0.2, 0.25) is 5.95 Å². The van der Waals surface area contributed by atoms with Crippen molar-refractivity contribution in [3.05, 3.63) is 76.7 Å². The van der Waals surface area contributed by atoms with Crippen LogP contribution in [0.25, 0.3) is 16.8 Å². The number of carbonyl (C=O) groups is 1. The zero-order valence-electron chi connectivity index (χ0n) is 18.5. The van der Waals surface area contributed by atoms with Gasteiger partial charge in [-0.1, -0.05) is 55.8 Å². The topological polar surface area (TPSA) is 116 Å². The van der Waals surface area contributed by atoms with Crippen molar-refractivity contribution in [3.8, 4) is 17.2 Å². The summed E-state index contributed by atoms with van der Waals surface area (Å²) in [5.41, 5.74) is 6.24. The van der Waals surface area contributed by atoms with Crippen LogP contribution in [0.15, 0.2) is 48.5 Å². The van der Waals surface area contributed by atoms with Crippen molar-refractivity contribution < 1.29 is 9.90 Å². The molecule has 0 bridgehead atoms. The van der Waals surface area contributed by atoms with Crippen molar-refractivity contribution in [1.82, 2.24) is 19.6 Å². The van der Waals surface area contributed by atoms with Crippen LogP contribution in [-0.2, 0) is 17.6 Å². The van der Waals surface area contributed by atoms with E-state index in [0.717, 1.165) is 40.8 Å². The number of nitrogens with one attached hydrogen (secondary N) is 1. The third kappa shape index (κ3) is 4.67. The quantitative estimate of drug-likeness (QED) is 0.425. The van der Waals surface area contributed by atoms with Crippen LogP contribution in [0, 0.1) is 18.3 Å². The summed E-state index contributed by atoms with van der Waals surface area (Å²) < 4.78 is 1.66. The van der Waals surface area contributed by atoms with Gasteiger partial charge >= 0.3 is 5.97 Å². The van der Waals surface area contributed by atoms with Gasteiger partial charge in [-0.3, -0.25) is 4.79 Å². The first-order valence-electron chi connectivity index (χ1n) is 10.8. The van der Waals surface area contributed by atoms with Crippen LogP contribution in [0.3, 0.4) is 0 Å². The fourth-order valence-electron chi connectivity index (χ4n) is 3.87. The second-order valence-electron chi connectivity index (χ2n) is 7.78. The Morgan fingerprint density at radius 1 is 1.15 bits per heavy atom. The molecule has 0 atom stereocenters. The van der Waals surface area contributed by atoms with Crippen molar-refractivity contribution in [3.63, 3.8) is 0 Å². The Hall–Kier alpha value is -4.25. The highest BCUT2D eigenvalue weighted by atomic mass is 16.4. The molecule has 0 unspecified atom stereocenters. The van der Waals surface area contributed by atoms with Gasteiger partial charge < -0.3 is 10.4 Å². The summed E-state index contributed by atoms with van der Waals surface area (Å²) in [7, 11) is 0. The number of aryl methyl sites for hydroxylation is 2. The van der Waals surface area contributed by atoms with Crippen LogP contribution >= 0.6 is 0 Å². The maximum atomic E-state index is 10.9. The number of nitriles is 1. The Bertz CT molecular complexity index is 1350. The third-order valence-corrected chi connectivity index (χ3v) is 5.41. The second-order valence-corrected chi connectivity index (χ2v) is 7.78. The summed E-state index contributed by atoms with van der Waals surface area (Å²) in [5, 5.41) is 25.5. The van der Waals surface area contributed by atoms with E-state index in [9.17, 15) is 10.1 Å². The number of anilines is 1. The minimum Gasteiger partial charge on any atom is -0.480 e. The Labute approximate surface area is 191 Å². The molecule has 0 radical (unpaired) electrons. The molecule has 0 aliphatic heterocycles. The summed E-state index contributed by atoms with van der Waals surface area (Å²) in [4.78, 5) is 20.3. The van der Waals surface area contributed by atoms with Crippen LogP contribution < -0.4 is 5.32 Å². The number of hydrogen-bond acceptors (Lipinski definition) is 6. The zero-order valence-corrected chi connectivity index (χ0v) is 18.5. The van der Waals surface area contributed by atoms with Crippen molar-refractivity contribution in [2.24, 2.45) is 0 Å². The molecule has 2 aromatic carbocycles. The fraction of sp³-hybridized carbons (Fsp3) is 0.240. The van der Waals surface area contributed by atoms with Crippen molar-refractivity contribution in [2.75, 3.05) is 11.9 Å². The molecule has 4 rings (SSSR count). The SMILES string of the molecule is CCCc1nc(C)n2nc(NCC(=O)O)nc2c1Cc1ccc(-c2ccccc2C#N)cc1. The predicted octanol–water partition coefficient (Wildman–Crippen LogP) is 4.01. The molecule has 0 saturated heterocycles. The number of nitrogens with zero attached hydrogens (tertiary/aromatic N) is 5. The van der Waals surface area contributed by atoms with Gasteiger partial charge in [0.15, 0.2) is 5.65 Å². The molecule has 4 aromatic rings. The number of carboxylic acid groups (broad SMARTS) is 1. The lowest BCUT2D eigenvalue weighted by Crippen LogP contribution is -2.13. The molecule has 166 valence electrons. The van der Waals surface area contributed by atoms with E-state index in [-0.39, 0.29) is 12.5 Å². The molecule has 2 N–H and O–H groups in total. The lowest BCUT2D eigenvalue weighted by Gasteiger charge is -2.12. The molecule has 0 fully saturated rings. The van der Waals surface area contributed by atoms with Gasteiger partial charge in [0.05, 0.1) is 11.6 Å². The lowest BCUT2D eigenvalue weighted by molar-refractivity contribution is -0.134. The largest absolute Gasteiger partial charge is 0.480 e. The molecule has 8 heteroatoms. The van der Waals surface area contributed by atoms with Crippen LogP contribution in [0.2, 0.25) is 0 Å². The number of benzene rings is 2. The molecule has 0 aliphatic rings. The smallest absolute Gasteiger partial charge is 0.322 e. The van der Waals surface area contributed by atoms with Gasteiger partial charge in [0.1, 0.15) is 12.4 Å². The minimum atomic E-state index is -0.978. The van der Waals surface area contributed by atoms with E-state index in [0.29, 0.717) is 23.5 Å². The van der Waals surface area contributed by atoms with E-state index >= 15 is 0 Å². The van der Waals surface area contributed by atoms with E-state index < -0.39 is 5.97 Å². The van der Waals surface area contributed by atoms with Crippen LogP contribution in [0.5, 0.6) is 0 Å². The standard InChI is InChI=1S/C25H24N6O2/c1-3-6-22-21(24-29-25(27-15-23(32)33)30-31(24)16(2)28-22)13-17-9-11-18(12-10-17)20-8-5-4-7-19(20)14-26/h4-5,7-12H,3,6,13,15H2,1-2H3,(H,27,30)(H,32,33). The highest BCUT2D eigenvalue weighted by Gasteiger charge is 2.17. The van der Waals surface area contributed by atoms with Gasteiger partial charge in [-0.05, 0) is 36.1 Å². The summed E-state index contributed by atoms with van der Waals surface area (Å²) in [6, 6.07) is 17.9. The Morgan fingerprint density at radius 3 is 2.61 bits per heavy atom. The predicted molar refractivity (Wildman–Crippen MR) is 125 cm³/mol. The number of aliphatic carboxylic acids is 1. The minimum absolute atomic E-state index is 0.258. The van der Waals surface area contributed by atoms with Crippen LogP contribution in [0.1, 0.15) is 41.6 Å². The molecular weight excluding hydrogens is 416 g/mol. The number of fused-ring (bicyclic) bond motifs is 1. The first-order valence-corrected chi connectivity index (χ1v) is 10.8. The van der Waals surface area contributed by atoms with E-state index in [4.69, 9.17) is 10.1 Å².